The molecule has 11 heteroatoms. The predicted molar refractivity (Wildman–Crippen MR) is 164 cm³/mol. The van der Waals surface area contributed by atoms with Gasteiger partial charge in [0.25, 0.3) is 0 Å². The molecule has 3 aromatic rings. The summed E-state index contributed by atoms with van der Waals surface area (Å²) in [4.78, 5) is 23.6. The molecule has 0 bridgehead atoms. The Morgan fingerprint density at radius 3 is 2.31 bits per heavy atom. The lowest BCUT2D eigenvalue weighted by Crippen LogP contribution is -2.39. The van der Waals surface area contributed by atoms with E-state index >= 15 is 0 Å². The minimum absolute atomic E-state index is 0.0133. The fourth-order valence-corrected chi connectivity index (χ4v) is 5.28. The van der Waals surface area contributed by atoms with Crippen LogP contribution in [0.15, 0.2) is 42.7 Å². The lowest BCUT2D eigenvalue weighted by atomic mass is 9.82. The molecule has 0 spiro atoms. The van der Waals surface area contributed by atoms with Gasteiger partial charge >= 0.3 is 12.1 Å². The Labute approximate surface area is 261 Å². The van der Waals surface area contributed by atoms with Crippen LogP contribution in [0.25, 0.3) is 11.3 Å². The zero-order valence-electron chi connectivity index (χ0n) is 26.6. The third kappa shape index (κ3) is 8.31. The molecule has 45 heavy (non-hydrogen) atoms. The van der Waals surface area contributed by atoms with E-state index in [0.29, 0.717) is 42.0 Å². The Morgan fingerprint density at radius 1 is 1.09 bits per heavy atom. The summed E-state index contributed by atoms with van der Waals surface area (Å²) in [6, 6.07) is 6.58. The van der Waals surface area contributed by atoms with E-state index in [0.717, 1.165) is 25.1 Å². The van der Waals surface area contributed by atoms with Gasteiger partial charge in [-0.3, -0.25) is 9.97 Å². The Bertz CT molecular complexity index is 1500. The second kappa shape index (κ2) is 13.3. The van der Waals surface area contributed by atoms with E-state index in [2.05, 4.69) is 23.8 Å². The SMILES string of the molecule is CCC(C)(C)O[C@H](C(=O)O)c1c(C)ncc(-c2cc(C(F)(F)F)c(OCCc3ccc(F)cc3)cn2)c1N1CCC(C)(C)CC1. The van der Waals surface area contributed by atoms with Crippen LogP contribution in [-0.2, 0) is 22.1 Å². The molecule has 1 atom stereocenters. The molecule has 1 aliphatic heterocycles. The molecule has 1 fully saturated rings. The maximum absolute atomic E-state index is 14.4. The number of halogens is 4. The summed E-state index contributed by atoms with van der Waals surface area (Å²) in [5.41, 5.74) is 0.403. The van der Waals surface area contributed by atoms with Crippen molar-refractivity contribution in [3.05, 3.63) is 70.9 Å². The number of hydrogen-bond acceptors (Lipinski definition) is 6. The number of carboxylic acid groups (broad SMARTS) is 1. The molecule has 0 unspecified atom stereocenters. The predicted octanol–water partition coefficient (Wildman–Crippen LogP) is 8.19. The van der Waals surface area contributed by atoms with Gasteiger partial charge in [-0.15, -0.1) is 0 Å². The Hall–Kier alpha value is -3.73. The van der Waals surface area contributed by atoms with Crippen molar-refractivity contribution in [1.29, 1.82) is 0 Å². The molecule has 244 valence electrons. The van der Waals surface area contributed by atoms with Crippen LogP contribution in [0.1, 0.15) is 82.4 Å². The molecule has 7 nitrogen and oxygen atoms in total. The van der Waals surface area contributed by atoms with Crippen molar-refractivity contribution >= 4 is 11.7 Å². The molecular weight excluding hydrogens is 590 g/mol. The summed E-state index contributed by atoms with van der Waals surface area (Å²) in [6.45, 7) is 12.5. The fourth-order valence-electron chi connectivity index (χ4n) is 5.28. The number of nitrogens with zero attached hydrogens (tertiary/aromatic N) is 3. The number of anilines is 1. The van der Waals surface area contributed by atoms with E-state index < -0.39 is 41.0 Å². The van der Waals surface area contributed by atoms with Crippen LogP contribution in [0.4, 0.5) is 23.2 Å². The molecule has 1 N–H and O–H groups in total. The minimum atomic E-state index is -4.77. The highest BCUT2D eigenvalue weighted by Gasteiger charge is 2.38. The molecule has 1 aliphatic rings. The van der Waals surface area contributed by atoms with Crippen molar-refractivity contribution < 1.29 is 36.9 Å². The first-order chi connectivity index (χ1) is 21.0. The first-order valence-electron chi connectivity index (χ1n) is 15.1. The topological polar surface area (TPSA) is 84.8 Å². The van der Waals surface area contributed by atoms with Crippen LogP contribution in [0.2, 0.25) is 0 Å². The summed E-state index contributed by atoms with van der Waals surface area (Å²) in [6.07, 6.45) is -1.28. The summed E-state index contributed by atoms with van der Waals surface area (Å²) in [7, 11) is 0. The van der Waals surface area contributed by atoms with Gasteiger partial charge in [0.15, 0.2) is 6.10 Å². The number of rotatable bonds is 11. The van der Waals surface area contributed by atoms with Crippen molar-refractivity contribution in [3.8, 4) is 17.0 Å². The van der Waals surface area contributed by atoms with Gasteiger partial charge < -0.3 is 19.5 Å². The molecule has 0 amide bonds. The highest BCUT2D eigenvalue weighted by Crippen LogP contribution is 2.45. The normalized spacial score (nSPS) is 16.0. The molecule has 4 rings (SSSR count). The lowest BCUT2D eigenvalue weighted by Gasteiger charge is -2.41. The van der Waals surface area contributed by atoms with Crippen LogP contribution in [0, 0.1) is 18.2 Å². The van der Waals surface area contributed by atoms with Gasteiger partial charge in [-0.1, -0.05) is 32.9 Å². The third-order valence-corrected chi connectivity index (χ3v) is 8.51. The van der Waals surface area contributed by atoms with Crippen molar-refractivity contribution in [3.63, 3.8) is 0 Å². The average molecular weight is 632 g/mol. The minimum Gasteiger partial charge on any atom is -0.491 e. The smallest absolute Gasteiger partial charge is 0.420 e. The van der Waals surface area contributed by atoms with Gasteiger partial charge in [0.1, 0.15) is 17.1 Å². The van der Waals surface area contributed by atoms with Gasteiger partial charge in [0.2, 0.25) is 0 Å². The number of pyridine rings is 2. The number of hydrogen-bond donors (Lipinski definition) is 1. The number of carboxylic acids is 1. The summed E-state index contributed by atoms with van der Waals surface area (Å²) < 4.78 is 68.1. The number of aryl methyl sites for hydroxylation is 1. The number of carbonyl (C=O) groups is 1. The van der Waals surface area contributed by atoms with Gasteiger partial charge in [-0.25, -0.2) is 9.18 Å². The molecule has 0 saturated carbocycles. The van der Waals surface area contributed by atoms with Crippen LogP contribution >= 0.6 is 0 Å². The third-order valence-electron chi connectivity index (χ3n) is 8.51. The molecule has 0 radical (unpaired) electrons. The number of ether oxygens (including phenoxy) is 2. The molecule has 1 saturated heterocycles. The first kappa shape index (κ1) is 34.1. The van der Waals surface area contributed by atoms with Crippen LogP contribution < -0.4 is 9.64 Å². The molecule has 2 aromatic heterocycles. The van der Waals surface area contributed by atoms with Gasteiger partial charge in [0.05, 0.1) is 29.8 Å². The summed E-state index contributed by atoms with van der Waals surface area (Å²) >= 11 is 0. The average Bonchev–Trinajstić information content (AvgIpc) is 2.97. The number of aromatic nitrogens is 2. The summed E-state index contributed by atoms with van der Waals surface area (Å²) in [5, 5.41) is 10.4. The van der Waals surface area contributed by atoms with Crippen molar-refractivity contribution in [2.75, 3.05) is 24.6 Å². The monoisotopic (exact) mass is 631 g/mol. The molecule has 0 aliphatic carbocycles. The van der Waals surface area contributed by atoms with Crippen LogP contribution in [0.5, 0.6) is 5.75 Å². The Morgan fingerprint density at radius 2 is 1.73 bits per heavy atom. The van der Waals surface area contributed by atoms with E-state index in [-0.39, 0.29) is 29.7 Å². The number of aliphatic carboxylic acids is 1. The molecular formula is C34H41F4N3O4. The summed E-state index contributed by atoms with van der Waals surface area (Å²) in [5.74, 6) is -2.06. The highest BCUT2D eigenvalue weighted by atomic mass is 19.4. The highest BCUT2D eigenvalue weighted by molar-refractivity contribution is 5.85. The number of piperidine rings is 1. The Kier molecular flexibility index (Phi) is 10.1. The second-order valence-corrected chi connectivity index (χ2v) is 12.9. The van der Waals surface area contributed by atoms with Gasteiger partial charge in [0, 0.05) is 42.5 Å². The van der Waals surface area contributed by atoms with Crippen LogP contribution in [-0.4, -0.2) is 46.3 Å². The fraction of sp³-hybridized carbons (Fsp3) is 0.500. The zero-order chi connectivity index (χ0) is 33.2. The van der Waals surface area contributed by atoms with Crippen molar-refractivity contribution in [2.45, 2.75) is 85.1 Å². The quantitative estimate of drug-likeness (QED) is 0.214. The largest absolute Gasteiger partial charge is 0.491 e. The molecule has 3 heterocycles. The molecule has 1 aromatic carbocycles. The van der Waals surface area contributed by atoms with Crippen molar-refractivity contribution in [2.24, 2.45) is 5.41 Å². The number of benzene rings is 1. The van der Waals surface area contributed by atoms with E-state index in [1.54, 1.807) is 32.9 Å². The van der Waals surface area contributed by atoms with Gasteiger partial charge in [-0.05, 0) is 69.2 Å². The van der Waals surface area contributed by atoms with E-state index in [9.17, 15) is 27.5 Å². The van der Waals surface area contributed by atoms with Crippen molar-refractivity contribution in [1.82, 2.24) is 9.97 Å². The van der Waals surface area contributed by atoms with E-state index in [1.165, 1.54) is 18.3 Å². The van der Waals surface area contributed by atoms with Gasteiger partial charge in [-0.2, -0.15) is 13.2 Å². The Balaban J connectivity index is 1.81. The first-order valence-corrected chi connectivity index (χ1v) is 15.1. The number of alkyl halides is 3. The second-order valence-electron chi connectivity index (χ2n) is 12.9. The van der Waals surface area contributed by atoms with Crippen LogP contribution in [0.3, 0.4) is 0 Å². The maximum atomic E-state index is 14.4. The maximum Gasteiger partial charge on any atom is 0.420 e. The standard InChI is InChI=1S/C34H41F4N3O4/c1-7-33(5,6)45-30(31(42)43)28-21(2)39-19-24(29(28)41-15-13-32(3,4)14-16-41)26-18-25(34(36,37)38)27(20-40-26)44-17-12-22-8-10-23(35)11-9-22/h8-11,18-20,30H,7,12-17H2,1-6H3,(H,42,43)/t30-/m0/s1. The van der Waals surface area contributed by atoms with E-state index in [4.69, 9.17) is 9.47 Å². The van der Waals surface area contributed by atoms with E-state index in [1.807, 2.05) is 11.8 Å². The zero-order valence-corrected chi connectivity index (χ0v) is 26.6. The lowest BCUT2D eigenvalue weighted by molar-refractivity contribution is -0.162.